The minimum absolute atomic E-state index is 0.510. The number of nitrogens with one attached hydrogen (secondary N) is 1. The Morgan fingerprint density at radius 3 is 2.67 bits per heavy atom. The molecule has 18 heavy (non-hydrogen) atoms. The van der Waals surface area contributed by atoms with Gasteiger partial charge < -0.3 is 10.1 Å². The van der Waals surface area contributed by atoms with Crippen LogP contribution >= 0.6 is 0 Å². The second kappa shape index (κ2) is 5.75. The summed E-state index contributed by atoms with van der Waals surface area (Å²) in [5.74, 6) is 2.22. The first-order valence-electron chi connectivity index (χ1n) is 7.02. The third-order valence-electron chi connectivity index (χ3n) is 3.98. The quantitative estimate of drug-likeness (QED) is 0.881. The molecule has 1 aliphatic rings. The van der Waals surface area contributed by atoms with Crippen LogP contribution in [0.25, 0.3) is 0 Å². The Bertz CT molecular complexity index is 406. The highest BCUT2D eigenvalue weighted by Crippen LogP contribution is 2.34. The minimum atomic E-state index is 0.510. The number of aryl methyl sites for hydroxylation is 1. The zero-order valence-corrected chi connectivity index (χ0v) is 12.0. The molecular formula is C16H25NO. The van der Waals surface area contributed by atoms with Crippen molar-refractivity contribution in [2.24, 2.45) is 0 Å². The highest BCUT2D eigenvalue weighted by Gasteiger charge is 2.19. The first-order chi connectivity index (χ1) is 8.63. The Hall–Kier alpha value is -1.02. The van der Waals surface area contributed by atoms with Gasteiger partial charge in [0.05, 0.1) is 7.11 Å². The molecule has 2 heteroatoms. The molecule has 0 saturated carbocycles. The maximum absolute atomic E-state index is 5.51. The number of benzene rings is 1. The molecule has 1 aromatic carbocycles. The van der Waals surface area contributed by atoms with E-state index >= 15 is 0 Å². The van der Waals surface area contributed by atoms with E-state index in [4.69, 9.17) is 4.74 Å². The lowest BCUT2D eigenvalue weighted by Crippen LogP contribution is -2.28. The topological polar surface area (TPSA) is 21.3 Å². The number of piperidine rings is 1. The van der Waals surface area contributed by atoms with Crippen LogP contribution in [0.5, 0.6) is 5.75 Å². The van der Waals surface area contributed by atoms with Gasteiger partial charge in [0.15, 0.2) is 0 Å². The Labute approximate surface area is 111 Å². The Balaban J connectivity index is 2.37. The zero-order valence-electron chi connectivity index (χ0n) is 12.0. The van der Waals surface area contributed by atoms with Crippen molar-refractivity contribution in [3.63, 3.8) is 0 Å². The van der Waals surface area contributed by atoms with Gasteiger partial charge in [0.2, 0.25) is 0 Å². The van der Waals surface area contributed by atoms with Gasteiger partial charge in [-0.05, 0) is 60.9 Å². The van der Waals surface area contributed by atoms with Gasteiger partial charge in [0, 0.05) is 6.54 Å². The lowest BCUT2D eigenvalue weighted by molar-refractivity contribution is 0.405. The lowest BCUT2D eigenvalue weighted by Gasteiger charge is -2.26. The largest absolute Gasteiger partial charge is 0.496 e. The standard InChI is InChI=1S/C16H25NO/c1-11(2)14-9-15(12(3)8-16(14)18-4)13-6-5-7-17-10-13/h8-9,11,13,17H,5-7,10H2,1-4H3. The molecule has 100 valence electrons. The van der Waals surface area contributed by atoms with Crippen LogP contribution in [0.3, 0.4) is 0 Å². The van der Waals surface area contributed by atoms with Gasteiger partial charge in [0.25, 0.3) is 0 Å². The fourth-order valence-electron chi connectivity index (χ4n) is 2.90. The third-order valence-corrected chi connectivity index (χ3v) is 3.98. The molecule has 0 spiro atoms. The van der Waals surface area contributed by atoms with Gasteiger partial charge in [-0.15, -0.1) is 0 Å². The van der Waals surface area contributed by atoms with E-state index in [1.807, 2.05) is 0 Å². The van der Waals surface area contributed by atoms with E-state index in [1.54, 1.807) is 7.11 Å². The summed E-state index contributed by atoms with van der Waals surface area (Å²) in [6, 6.07) is 4.58. The van der Waals surface area contributed by atoms with E-state index in [0.29, 0.717) is 11.8 Å². The highest BCUT2D eigenvalue weighted by molar-refractivity contribution is 5.45. The summed E-state index contributed by atoms with van der Waals surface area (Å²) in [6.45, 7) is 8.95. The molecule has 0 aliphatic carbocycles. The summed E-state index contributed by atoms with van der Waals surface area (Å²) >= 11 is 0. The Morgan fingerprint density at radius 2 is 2.11 bits per heavy atom. The van der Waals surface area contributed by atoms with Crippen molar-refractivity contribution in [3.05, 3.63) is 28.8 Å². The van der Waals surface area contributed by atoms with Crippen molar-refractivity contribution >= 4 is 0 Å². The highest BCUT2D eigenvalue weighted by atomic mass is 16.5. The van der Waals surface area contributed by atoms with E-state index in [1.165, 1.54) is 36.1 Å². The smallest absolute Gasteiger partial charge is 0.122 e. The first-order valence-corrected chi connectivity index (χ1v) is 7.02. The average Bonchev–Trinajstić information content (AvgIpc) is 2.39. The van der Waals surface area contributed by atoms with Gasteiger partial charge >= 0.3 is 0 Å². The molecule has 0 radical (unpaired) electrons. The van der Waals surface area contributed by atoms with Crippen LogP contribution in [0.2, 0.25) is 0 Å². The normalized spacial score (nSPS) is 20.2. The molecule has 1 N–H and O–H groups in total. The molecular weight excluding hydrogens is 222 g/mol. The van der Waals surface area contributed by atoms with Crippen molar-refractivity contribution in [1.82, 2.24) is 5.32 Å². The number of hydrogen-bond donors (Lipinski definition) is 1. The van der Waals surface area contributed by atoms with E-state index < -0.39 is 0 Å². The van der Waals surface area contributed by atoms with E-state index in [-0.39, 0.29) is 0 Å². The van der Waals surface area contributed by atoms with E-state index in [9.17, 15) is 0 Å². The molecule has 1 atom stereocenters. The summed E-state index contributed by atoms with van der Waals surface area (Å²) in [5, 5.41) is 3.51. The van der Waals surface area contributed by atoms with Crippen molar-refractivity contribution < 1.29 is 4.74 Å². The van der Waals surface area contributed by atoms with Crippen molar-refractivity contribution in [1.29, 1.82) is 0 Å². The van der Waals surface area contributed by atoms with Gasteiger partial charge in [-0.2, -0.15) is 0 Å². The molecule has 1 aromatic rings. The molecule has 1 unspecified atom stereocenters. The molecule has 1 heterocycles. The molecule has 1 aliphatic heterocycles. The van der Waals surface area contributed by atoms with Crippen molar-refractivity contribution in [2.45, 2.75) is 45.4 Å². The Morgan fingerprint density at radius 1 is 1.33 bits per heavy atom. The van der Waals surface area contributed by atoms with Gasteiger partial charge in [-0.25, -0.2) is 0 Å². The average molecular weight is 247 g/mol. The van der Waals surface area contributed by atoms with Crippen LogP contribution < -0.4 is 10.1 Å². The predicted molar refractivity (Wildman–Crippen MR) is 76.7 cm³/mol. The van der Waals surface area contributed by atoms with Gasteiger partial charge in [-0.1, -0.05) is 19.9 Å². The summed E-state index contributed by atoms with van der Waals surface area (Å²) in [4.78, 5) is 0. The second-order valence-electron chi connectivity index (χ2n) is 5.65. The number of hydrogen-bond acceptors (Lipinski definition) is 2. The van der Waals surface area contributed by atoms with Crippen LogP contribution in [0.4, 0.5) is 0 Å². The fourth-order valence-corrected chi connectivity index (χ4v) is 2.90. The maximum Gasteiger partial charge on any atom is 0.122 e. The molecule has 0 amide bonds. The molecule has 2 rings (SSSR count). The molecule has 0 aromatic heterocycles. The minimum Gasteiger partial charge on any atom is -0.496 e. The lowest BCUT2D eigenvalue weighted by atomic mass is 9.86. The summed E-state index contributed by atoms with van der Waals surface area (Å²) in [5.41, 5.74) is 4.21. The predicted octanol–water partition coefficient (Wildman–Crippen LogP) is 3.59. The summed E-state index contributed by atoms with van der Waals surface area (Å²) in [7, 11) is 1.77. The third kappa shape index (κ3) is 2.69. The summed E-state index contributed by atoms with van der Waals surface area (Å²) < 4.78 is 5.51. The number of methoxy groups -OCH3 is 1. The van der Waals surface area contributed by atoms with Crippen LogP contribution in [-0.2, 0) is 0 Å². The zero-order chi connectivity index (χ0) is 13.1. The van der Waals surface area contributed by atoms with Crippen LogP contribution in [0.1, 0.15) is 55.2 Å². The molecule has 2 nitrogen and oxygen atoms in total. The second-order valence-corrected chi connectivity index (χ2v) is 5.65. The van der Waals surface area contributed by atoms with E-state index in [2.05, 4.69) is 38.2 Å². The molecule has 1 saturated heterocycles. The van der Waals surface area contributed by atoms with E-state index in [0.717, 1.165) is 12.3 Å². The van der Waals surface area contributed by atoms with Gasteiger partial charge in [0.1, 0.15) is 5.75 Å². The number of rotatable bonds is 3. The van der Waals surface area contributed by atoms with Crippen molar-refractivity contribution in [3.8, 4) is 5.75 Å². The summed E-state index contributed by atoms with van der Waals surface area (Å²) in [6.07, 6.45) is 2.59. The SMILES string of the molecule is COc1cc(C)c(C2CCCNC2)cc1C(C)C. The maximum atomic E-state index is 5.51. The van der Waals surface area contributed by atoms with Crippen LogP contribution in [0.15, 0.2) is 12.1 Å². The fraction of sp³-hybridized carbons (Fsp3) is 0.625. The molecule has 1 fully saturated rings. The van der Waals surface area contributed by atoms with Crippen molar-refractivity contribution in [2.75, 3.05) is 20.2 Å². The Kier molecular flexibility index (Phi) is 4.28. The number of ether oxygens (including phenoxy) is 1. The molecule has 0 bridgehead atoms. The van der Waals surface area contributed by atoms with Gasteiger partial charge in [-0.3, -0.25) is 0 Å². The first kappa shape index (κ1) is 13.4. The van der Waals surface area contributed by atoms with Crippen LogP contribution in [0, 0.1) is 6.92 Å². The van der Waals surface area contributed by atoms with Crippen LogP contribution in [-0.4, -0.2) is 20.2 Å². The monoisotopic (exact) mass is 247 g/mol.